The van der Waals surface area contributed by atoms with Gasteiger partial charge >= 0.3 is 6.36 Å². The standard InChI is InChI=1S/C15H21F3N2O/c1-2-20(10-11-7-8-11)13(9-19)12-5-3-4-6-14(12)21-15(16,17)18/h3-6,11,13H,2,7-10,19H2,1H3. The summed E-state index contributed by atoms with van der Waals surface area (Å²) >= 11 is 0. The van der Waals surface area contributed by atoms with Crippen LogP contribution >= 0.6 is 0 Å². The lowest BCUT2D eigenvalue weighted by molar-refractivity contribution is -0.275. The van der Waals surface area contributed by atoms with E-state index >= 15 is 0 Å². The van der Waals surface area contributed by atoms with E-state index < -0.39 is 6.36 Å². The van der Waals surface area contributed by atoms with Crippen molar-refractivity contribution in [3.8, 4) is 5.75 Å². The van der Waals surface area contributed by atoms with E-state index in [0.29, 0.717) is 11.5 Å². The quantitative estimate of drug-likeness (QED) is 0.840. The molecule has 21 heavy (non-hydrogen) atoms. The monoisotopic (exact) mass is 302 g/mol. The van der Waals surface area contributed by atoms with Crippen molar-refractivity contribution in [2.75, 3.05) is 19.6 Å². The lowest BCUT2D eigenvalue weighted by atomic mass is 10.0. The maximum atomic E-state index is 12.5. The maximum absolute atomic E-state index is 12.5. The molecular formula is C15H21F3N2O. The molecule has 0 heterocycles. The molecule has 0 bridgehead atoms. The van der Waals surface area contributed by atoms with Crippen molar-refractivity contribution in [3.63, 3.8) is 0 Å². The number of benzene rings is 1. The van der Waals surface area contributed by atoms with Crippen molar-refractivity contribution in [1.82, 2.24) is 4.90 Å². The van der Waals surface area contributed by atoms with Crippen LogP contribution in [-0.4, -0.2) is 30.9 Å². The van der Waals surface area contributed by atoms with E-state index in [4.69, 9.17) is 5.73 Å². The first kappa shape index (κ1) is 16.1. The van der Waals surface area contributed by atoms with Gasteiger partial charge in [0.15, 0.2) is 0 Å². The Balaban J connectivity index is 2.23. The number of hydrogen-bond acceptors (Lipinski definition) is 3. The van der Waals surface area contributed by atoms with Crippen LogP contribution in [0.3, 0.4) is 0 Å². The van der Waals surface area contributed by atoms with E-state index in [0.717, 1.165) is 13.1 Å². The van der Waals surface area contributed by atoms with Crippen molar-refractivity contribution < 1.29 is 17.9 Å². The highest BCUT2D eigenvalue weighted by atomic mass is 19.4. The zero-order valence-corrected chi connectivity index (χ0v) is 12.1. The van der Waals surface area contributed by atoms with Crippen LogP contribution in [0.1, 0.15) is 31.4 Å². The third-order valence-corrected chi connectivity index (χ3v) is 3.76. The number of para-hydroxylation sites is 1. The lowest BCUT2D eigenvalue weighted by Gasteiger charge is -2.31. The second-order valence-electron chi connectivity index (χ2n) is 5.37. The second kappa shape index (κ2) is 6.66. The molecule has 0 spiro atoms. The van der Waals surface area contributed by atoms with E-state index in [1.165, 1.54) is 25.0 Å². The molecule has 1 unspecified atom stereocenters. The van der Waals surface area contributed by atoms with Gasteiger partial charge in [-0.05, 0) is 31.4 Å². The Hall–Kier alpha value is -1.27. The Morgan fingerprint density at radius 2 is 2.00 bits per heavy atom. The first-order valence-electron chi connectivity index (χ1n) is 7.23. The molecule has 3 nitrogen and oxygen atoms in total. The van der Waals surface area contributed by atoms with Crippen molar-refractivity contribution in [2.24, 2.45) is 11.7 Å². The zero-order chi connectivity index (χ0) is 15.5. The highest BCUT2D eigenvalue weighted by molar-refractivity contribution is 5.36. The molecule has 2 N–H and O–H groups in total. The maximum Gasteiger partial charge on any atom is 0.573 e. The van der Waals surface area contributed by atoms with Gasteiger partial charge in [-0.15, -0.1) is 13.2 Å². The van der Waals surface area contributed by atoms with E-state index in [1.807, 2.05) is 6.92 Å². The summed E-state index contributed by atoms with van der Waals surface area (Å²) in [5.41, 5.74) is 6.33. The van der Waals surface area contributed by atoms with Gasteiger partial charge in [-0.2, -0.15) is 0 Å². The largest absolute Gasteiger partial charge is 0.573 e. The Labute approximate surface area is 122 Å². The average molecular weight is 302 g/mol. The summed E-state index contributed by atoms with van der Waals surface area (Å²) in [7, 11) is 0. The summed E-state index contributed by atoms with van der Waals surface area (Å²) in [4.78, 5) is 2.14. The third kappa shape index (κ3) is 4.61. The SMILES string of the molecule is CCN(CC1CC1)C(CN)c1ccccc1OC(F)(F)F. The van der Waals surface area contributed by atoms with Crippen molar-refractivity contribution in [1.29, 1.82) is 0 Å². The number of nitrogens with two attached hydrogens (primary N) is 1. The van der Waals surface area contributed by atoms with Crippen LogP contribution in [-0.2, 0) is 0 Å². The summed E-state index contributed by atoms with van der Waals surface area (Å²) in [5, 5.41) is 0. The first-order valence-corrected chi connectivity index (χ1v) is 7.23. The summed E-state index contributed by atoms with van der Waals surface area (Å²) < 4.78 is 41.7. The Morgan fingerprint density at radius 1 is 1.33 bits per heavy atom. The van der Waals surface area contributed by atoms with Crippen molar-refractivity contribution >= 4 is 0 Å². The number of nitrogens with zero attached hydrogens (tertiary/aromatic N) is 1. The molecule has 1 aromatic carbocycles. The van der Waals surface area contributed by atoms with Crippen LogP contribution in [0.5, 0.6) is 5.75 Å². The zero-order valence-electron chi connectivity index (χ0n) is 12.1. The second-order valence-corrected chi connectivity index (χ2v) is 5.37. The van der Waals surface area contributed by atoms with E-state index in [9.17, 15) is 13.2 Å². The molecule has 0 aliphatic heterocycles. The Bertz CT molecular complexity index is 460. The number of halogens is 3. The van der Waals surface area contributed by atoms with Crippen LogP contribution in [0, 0.1) is 5.92 Å². The molecule has 0 aromatic heterocycles. The Kier molecular flexibility index (Phi) is 5.11. The molecule has 1 aliphatic rings. The van der Waals surface area contributed by atoms with E-state index in [-0.39, 0.29) is 18.3 Å². The molecule has 2 rings (SSSR count). The van der Waals surface area contributed by atoms with Gasteiger partial charge in [0.2, 0.25) is 0 Å². The lowest BCUT2D eigenvalue weighted by Crippen LogP contribution is -2.35. The molecular weight excluding hydrogens is 281 g/mol. The molecule has 1 atom stereocenters. The first-order chi connectivity index (χ1) is 9.94. The average Bonchev–Trinajstić information content (AvgIpc) is 3.22. The van der Waals surface area contributed by atoms with Gasteiger partial charge in [0.25, 0.3) is 0 Å². The molecule has 1 aliphatic carbocycles. The molecule has 0 saturated heterocycles. The van der Waals surface area contributed by atoms with Gasteiger partial charge in [-0.25, -0.2) is 0 Å². The number of alkyl halides is 3. The summed E-state index contributed by atoms with van der Waals surface area (Å²) in [6.07, 6.45) is -2.31. The predicted molar refractivity (Wildman–Crippen MR) is 74.9 cm³/mol. The van der Waals surface area contributed by atoms with Crippen molar-refractivity contribution in [2.45, 2.75) is 32.2 Å². The van der Waals surface area contributed by atoms with Gasteiger partial charge in [0.05, 0.1) is 6.04 Å². The minimum Gasteiger partial charge on any atom is -0.405 e. The fourth-order valence-corrected chi connectivity index (χ4v) is 2.55. The molecule has 0 amide bonds. The third-order valence-electron chi connectivity index (χ3n) is 3.76. The fourth-order valence-electron chi connectivity index (χ4n) is 2.55. The topological polar surface area (TPSA) is 38.5 Å². The molecule has 1 saturated carbocycles. The number of hydrogen-bond donors (Lipinski definition) is 1. The molecule has 0 radical (unpaired) electrons. The Morgan fingerprint density at radius 3 is 2.52 bits per heavy atom. The van der Waals surface area contributed by atoms with E-state index in [1.54, 1.807) is 12.1 Å². The normalized spacial score (nSPS) is 17.0. The minimum absolute atomic E-state index is 0.158. The summed E-state index contributed by atoms with van der Waals surface area (Å²) in [5.74, 6) is 0.490. The van der Waals surface area contributed by atoms with Gasteiger partial charge < -0.3 is 10.5 Å². The van der Waals surface area contributed by atoms with E-state index in [2.05, 4.69) is 9.64 Å². The number of rotatable bonds is 7. The van der Waals surface area contributed by atoms with Crippen molar-refractivity contribution in [3.05, 3.63) is 29.8 Å². The van der Waals surface area contributed by atoms with Gasteiger partial charge in [-0.1, -0.05) is 25.1 Å². The fraction of sp³-hybridized carbons (Fsp3) is 0.600. The molecule has 118 valence electrons. The molecule has 1 aromatic rings. The highest BCUT2D eigenvalue weighted by Crippen LogP contribution is 2.36. The van der Waals surface area contributed by atoms with Crippen LogP contribution in [0.25, 0.3) is 0 Å². The molecule has 6 heteroatoms. The number of ether oxygens (including phenoxy) is 1. The van der Waals surface area contributed by atoms with Crippen LogP contribution in [0.2, 0.25) is 0 Å². The minimum atomic E-state index is -4.69. The number of likely N-dealkylation sites (N-methyl/N-ethyl adjacent to an activating group) is 1. The molecule has 1 fully saturated rings. The van der Waals surface area contributed by atoms with Gasteiger partial charge in [-0.3, -0.25) is 4.90 Å². The van der Waals surface area contributed by atoms with Gasteiger partial charge in [0, 0.05) is 18.7 Å². The van der Waals surface area contributed by atoms with Gasteiger partial charge in [0.1, 0.15) is 5.75 Å². The van der Waals surface area contributed by atoms with Crippen LogP contribution in [0.15, 0.2) is 24.3 Å². The predicted octanol–water partition coefficient (Wildman–Crippen LogP) is 3.32. The highest BCUT2D eigenvalue weighted by Gasteiger charge is 2.34. The van der Waals surface area contributed by atoms with Crippen LogP contribution in [0.4, 0.5) is 13.2 Å². The smallest absolute Gasteiger partial charge is 0.405 e. The summed E-state index contributed by atoms with van der Waals surface area (Å²) in [6.45, 7) is 3.88. The van der Waals surface area contributed by atoms with Crippen LogP contribution < -0.4 is 10.5 Å². The summed E-state index contributed by atoms with van der Waals surface area (Å²) in [6, 6.07) is 6.00.